The number of aliphatic carboxylic acids is 1. The van der Waals surface area contributed by atoms with Crippen LogP contribution in [0.15, 0.2) is 24.3 Å². The Labute approximate surface area is 119 Å². The maximum absolute atomic E-state index is 12.1. The number of urea groups is 1. The molecule has 20 heavy (non-hydrogen) atoms. The summed E-state index contributed by atoms with van der Waals surface area (Å²) in [6.45, 7) is 5.48. The Morgan fingerprint density at radius 3 is 2.55 bits per heavy atom. The van der Waals surface area contributed by atoms with Crippen LogP contribution in [0.2, 0.25) is 0 Å². The lowest BCUT2D eigenvalue weighted by Crippen LogP contribution is -2.45. The van der Waals surface area contributed by atoms with E-state index in [0.717, 1.165) is 11.3 Å². The predicted octanol–water partition coefficient (Wildman–Crippen LogP) is 2.64. The number of nitrogens with one attached hydrogen (secondary N) is 1. The summed E-state index contributed by atoms with van der Waals surface area (Å²) < 4.78 is 0. The average Bonchev–Trinajstić information content (AvgIpc) is 2.43. The van der Waals surface area contributed by atoms with E-state index in [2.05, 4.69) is 5.32 Å². The Kier molecular flexibility index (Phi) is 5.13. The van der Waals surface area contributed by atoms with Gasteiger partial charge in [0.1, 0.15) is 0 Å². The minimum absolute atomic E-state index is 0.105. The molecule has 110 valence electrons. The molecule has 0 saturated carbocycles. The lowest BCUT2D eigenvalue weighted by molar-refractivity contribution is -0.147. The minimum atomic E-state index is -0.941. The maximum Gasteiger partial charge on any atom is 0.321 e. The first-order valence-electron chi connectivity index (χ1n) is 6.62. The topological polar surface area (TPSA) is 69.6 Å². The second kappa shape index (κ2) is 6.41. The van der Waals surface area contributed by atoms with Crippen LogP contribution in [0.25, 0.3) is 0 Å². The number of rotatable bonds is 5. The van der Waals surface area contributed by atoms with Gasteiger partial charge in [-0.1, -0.05) is 19.1 Å². The van der Waals surface area contributed by atoms with Gasteiger partial charge in [0, 0.05) is 19.3 Å². The number of carboxylic acid groups (broad SMARTS) is 1. The molecule has 5 heteroatoms. The minimum Gasteiger partial charge on any atom is -0.481 e. The molecule has 1 unspecified atom stereocenters. The van der Waals surface area contributed by atoms with Crippen molar-refractivity contribution in [3.05, 3.63) is 29.8 Å². The van der Waals surface area contributed by atoms with E-state index in [1.54, 1.807) is 20.9 Å². The van der Waals surface area contributed by atoms with Gasteiger partial charge in [-0.05, 0) is 38.0 Å². The van der Waals surface area contributed by atoms with Gasteiger partial charge in [0.05, 0.1) is 5.41 Å². The van der Waals surface area contributed by atoms with Crippen LogP contribution in [0.1, 0.15) is 25.8 Å². The summed E-state index contributed by atoms with van der Waals surface area (Å²) in [5, 5.41) is 11.9. The van der Waals surface area contributed by atoms with Gasteiger partial charge in [-0.3, -0.25) is 9.69 Å². The summed E-state index contributed by atoms with van der Waals surface area (Å²) in [4.78, 5) is 24.7. The number of hydrogen-bond donors (Lipinski definition) is 2. The van der Waals surface area contributed by atoms with Crippen molar-refractivity contribution in [1.29, 1.82) is 0 Å². The van der Waals surface area contributed by atoms with E-state index in [-0.39, 0.29) is 12.6 Å². The number of aryl methyl sites for hydroxylation is 1. The van der Waals surface area contributed by atoms with Crippen LogP contribution in [0.5, 0.6) is 0 Å². The first-order valence-corrected chi connectivity index (χ1v) is 6.62. The number of carbonyl (C=O) groups excluding carboxylic acids is 1. The normalized spacial score (nSPS) is 13.4. The van der Waals surface area contributed by atoms with Crippen molar-refractivity contribution in [2.45, 2.75) is 27.2 Å². The smallest absolute Gasteiger partial charge is 0.321 e. The summed E-state index contributed by atoms with van der Waals surface area (Å²) in [6.07, 6.45) is 0.455. The Morgan fingerprint density at radius 2 is 2.05 bits per heavy atom. The van der Waals surface area contributed by atoms with Crippen molar-refractivity contribution in [1.82, 2.24) is 5.32 Å². The van der Waals surface area contributed by atoms with Crippen LogP contribution in [0.4, 0.5) is 10.5 Å². The number of nitrogens with zero attached hydrogens (tertiary/aromatic N) is 1. The highest BCUT2D eigenvalue weighted by molar-refractivity contribution is 5.91. The third kappa shape index (κ3) is 3.73. The second-order valence-electron chi connectivity index (χ2n) is 5.28. The van der Waals surface area contributed by atoms with E-state index < -0.39 is 11.4 Å². The molecular weight excluding hydrogens is 256 g/mol. The fraction of sp³-hybridized carbons (Fsp3) is 0.467. The fourth-order valence-corrected chi connectivity index (χ4v) is 1.69. The summed E-state index contributed by atoms with van der Waals surface area (Å²) in [7, 11) is 1.66. The Hall–Kier alpha value is -2.04. The van der Waals surface area contributed by atoms with Crippen molar-refractivity contribution in [2.75, 3.05) is 18.5 Å². The van der Waals surface area contributed by atoms with Gasteiger partial charge in [0.15, 0.2) is 0 Å². The van der Waals surface area contributed by atoms with Gasteiger partial charge < -0.3 is 10.4 Å². The molecule has 0 aliphatic rings. The monoisotopic (exact) mass is 278 g/mol. The lowest BCUT2D eigenvalue weighted by Gasteiger charge is -2.25. The SMILES string of the molecule is CCC(C)(CNC(=O)N(C)c1cccc(C)c1)C(=O)O. The first-order chi connectivity index (χ1) is 9.30. The van der Waals surface area contributed by atoms with Crippen molar-refractivity contribution in [2.24, 2.45) is 5.41 Å². The van der Waals surface area contributed by atoms with E-state index in [0.29, 0.717) is 6.42 Å². The van der Waals surface area contributed by atoms with Crippen LogP contribution < -0.4 is 10.2 Å². The average molecular weight is 278 g/mol. The zero-order valence-corrected chi connectivity index (χ0v) is 12.4. The van der Waals surface area contributed by atoms with E-state index in [1.165, 1.54) is 4.90 Å². The molecule has 1 rings (SSSR count). The number of carbonyl (C=O) groups is 2. The molecular formula is C15H22N2O3. The van der Waals surface area contributed by atoms with Gasteiger partial charge in [-0.25, -0.2) is 4.79 Å². The Balaban J connectivity index is 2.70. The van der Waals surface area contributed by atoms with Crippen LogP contribution in [-0.4, -0.2) is 30.7 Å². The molecule has 0 fully saturated rings. The standard InChI is InChI=1S/C15H22N2O3/c1-5-15(3,13(18)19)10-16-14(20)17(4)12-8-6-7-11(2)9-12/h6-9H,5,10H2,1-4H3,(H,16,20)(H,18,19). The van der Waals surface area contributed by atoms with E-state index >= 15 is 0 Å². The summed E-state index contributed by atoms with van der Waals surface area (Å²) >= 11 is 0. The third-order valence-corrected chi connectivity index (χ3v) is 3.62. The summed E-state index contributed by atoms with van der Waals surface area (Å²) in [5.74, 6) is -0.904. The number of carboxylic acids is 1. The van der Waals surface area contributed by atoms with Crippen LogP contribution in [0, 0.1) is 12.3 Å². The largest absolute Gasteiger partial charge is 0.481 e. The van der Waals surface area contributed by atoms with E-state index in [9.17, 15) is 14.7 Å². The number of benzene rings is 1. The van der Waals surface area contributed by atoms with Gasteiger partial charge in [0.2, 0.25) is 0 Å². The summed E-state index contributed by atoms with van der Waals surface area (Å²) in [6, 6.07) is 7.25. The highest BCUT2D eigenvalue weighted by Gasteiger charge is 2.31. The van der Waals surface area contributed by atoms with Crippen LogP contribution >= 0.6 is 0 Å². The molecule has 0 heterocycles. The number of amides is 2. The van der Waals surface area contributed by atoms with Gasteiger partial charge in [0.25, 0.3) is 0 Å². The number of anilines is 1. The van der Waals surface area contributed by atoms with E-state index in [4.69, 9.17) is 0 Å². The number of hydrogen-bond acceptors (Lipinski definition) is 2. The third-order valence-electron chi connectivity index (χ3n) is 3.62. The van der Waals surface area contributed by atoms with Crippen LogP contribution in [-0.2, 0) is 4.79 Å². The molecule has 1 aromatic rings. The Morgan fingerprint density at radius 1 is 1.40 bits per heavy atom. The second-order valence-corrected chi connectivity index (χ2v) is 5.28. The summed E-state index contributed by atoms with van der Waals surface area (Å²) in [5.41, 5.74) is 0.894. The van der Waals surface area contributed by atoms with Crippen molar-refractivity contribution in [3.63, 3.8) is 0 Å². The van der Waals surface area contributed by atoms with Crippen molar-refractivity contribution in [3.8, 4) is 0 Å². The van der Waals surface area contributed by atoms with Gasteiger partial charge >= 0.3 is 12.0 Å². The fourth-order valence-electron chi connectivity index (χ4n) is 1.69. The van der Waals surface area contributed by atoms with Crippen LogP contribution in [0.3, 0.4) is 0 Å². The van der Waals surface area contributed by atoms with Crippen molar-refractivity contribution < 1.29 is 14.7 Å². The molecule has 1 aromatic carbocycles. The lowest BCUT2D eigenvalue weighted by atomic mass is 9.88. The molecule has 0 radical (unpaired) electrons. The molecule has 5 nitrogen and oxygen atoms in total. The molecule has 2 amide bonds. The molecule has 0 bridgehead atoms. The molecule has 2 N–H and O–H groups in total. The van der Waals surface area contributed by atoms with Crippen molar-refractivity contribution >= 4 is 17.7 Å². The highest BCUT2D eigenvalue weighted by Crippen LogP contribution is 2.20. The predicted molar refractivity (Wildman–Crippen MR) is 79.0 cm³/mol. The Bertz CT molecular complexity index is 502. The molecule has 0 aliphatic heterocycles. The molecule has 0 aromatic heterocycles. The molecule has 0 saturated heterocycles. The van der Waals surface area contributed by atoms with Gasteiger partial charge in [-0.15, -0.1) is 0 Å². The van der Waals surface area contributed by atoms with E-state index in [1.807, 2.05) is 31.2 Å². The molecule has 0 aliphatic carbocycles. The zero-order valence-electron chi connectivity index (χ0n) is 12.4. The zero-order chi connectivity index (χ0) is 15.3. The first kappa shape index (κ1) is 16.0. The van der Waals surface area contributed by atoms with Gasteiger partial charge in [-0.2, -0.15) is 0 Å². The molecule has 1 atom stereocenters. The highest BCUT2D eigenvalue weighted by atomic mass is 16.4. The maximum atomic E-state index is 12.1. The quantitative estimate of drug-likeness (QED) is 0.870. The molecule has 0 spiro atoms.